The summed E-state index contributed by atoms with van der Waals surface area (Å²) in [6.45, 7) is 6.81. The van der Waals surface area contributed by atoms with Crippen LogP contribution < -0.4 is 0 Å². The van der Waals surface area contributed by atoms with Crippen molar-refractivity contribution in [1.29, 1.82) is 5.26 Å². The highest BCUT2D eigenvalue weighted by Gasteiger charge is 2.28. The lowest BCUT2D eigenvalue weighted by molar-refractivity contribution is 0.0676. The lowest BCUT2D eigenvalue weighted by Gasteiger charge is -2.32. The summed E-state index contributed by atoms with van der Waals surface area (Å²) in [7, 11) is 0. The van der Waals surface area contributed by atoms with Gasteiger partial charge in [0.25, 0.3) is 6.26 Å². The molecule has 0 aromatic heterocycles. The maximum atomic E-state index is 8.56. The largest absolute Gasteiger partial charge is 0.424 e. The maximum absolute atomic E-state index is 8.56. The van der Waals surface area contributed by atoms with E-state index in [1.807, 2.05) is 6.26 Å². The molecule has 0 heterocycles. The van der Waals surface area contributed by atoms with Crippen LogP contribution in [0.15, 0.2) is 0 Å². The van der Waals surface area contributed by atoms with E-state index >= 15 is 0 Å². The number of hydrogen-bond donors (Lipinski definition) is 0. The van der Waals surface area contributed by atoms with Crippen LogP contribution >= 0.6 is 0 Å². The highest BCUT2D eigenvalue weighted by Crippen LogP contribution is 2.35. The van der Waals surface area contributed by atoms with Crippen LogP contribution in [0.5, 0.6) is 0 Å². The number of rotatable bonds is 1. The summed E-state index contributed by atoms with van der Waals surface area (Å²) in [5.74, 6) is 0.699. The minimum atomic E-state index is 0.144. The van der Waals surface area contributed by atoms with Gasteiger partial charge in [0.2, 0.25) is 0 Å². The van der Waals surface area contributed by atoms with Gasteiger partial charge < -0.3 is 4.74 Å². The van der Waals surface area contributed by atoms with Crippen molar-refractivity contribution >= 4 is 0 Å². The summed E-state index contributed by atoms with van der Waals surface area (Å²) in [5, 5.41) is 8.56. The van der Waals surface area contributed by atoms with Crippen LogP contribution in [-0.4, -0.2) is 6.10 Å². The molecule has 2 heteroatoms. The van der Waals surface area contributed by atoms with E-state index < -0.39 is 0 Å². The summed E-state index contributed by atoms with van der Waals surface area (Å²) < 4.78 is 5.13. The highest BCUT2D eigenvalue weighted by molar-refractivity contribution is 4.80. The van der Waals surface area contributed by atoms with Gasteiger partial charge >= 0.3 is 0 Å². The third-order valence-corrected chi connectivity index (χ3v) is 3.22. The predicted octanol–water partition coefficient (Wildman–Crippen LogP) is 3.48. The van der Waals surface area contributed by atoms with Gasteiger partial charge in [0.05, 0.1) is 0 Å². The van der Waals surface area contributed by atoms with Crippen molar-refractivity contribution in [3.05, 3.63) is 0 Å². The molecule has 1 saturated carbocycles. The third kappa shape index (κ3) is 3.57. The third-order valence-electron chi connectivity index (χ3n) is 3.22. The predicted molar refractivity (Wildman–Crippen MR) is 56.5 cm³/mol. The Morgan fingerprint density at radius 2 is 2.14 bits per heavy atom. The van der Waals surface area contributed by atoms with Crippen molar-refractivity contribution in [1.82, 2.24) is 0 Å². The zero-order chi connectivity index (χ0) is 10.6. The maximum Gasteiger partial charge on any atom is 0.286 e. The Kier molecular flexibility index (Phi) is 3.80. The quantitative estimate of drug-likeness (QED) is 0.600. The van der Waals surface area contributed by atoms with E-state index in [4.69, 9.17) is 10.00 Å². The number of nitrogens with zero attached hydrogens (tertiary/aromatic N) is 1. The number of ether oxygens (including phenoxy) is 1. The fourth-order valence-corrected chi connectivity index (χ4v) is 2.46. The first-order valence-corrected chi connectivity index (χ1v) is 5.58. The number of hydrogen-bond acceptors (Lipinski definition) is 2. The molecule has 0 aliphatic heterocycles. The van der Waals surface area contributed by atoms with Gasteiger partial charge in [-0.2, -0.15) is 5.26 Å². The first kappa shape index (κ1) is 11.4. The minimum absolute atomic E-state index is 0.144. The van der Waals surface area contributed by atoms with Gasteiger partial charge in [-0.3, -0.25) is 0 Å². The lowest BCUT2D eigenvalue weighted by atomic mass is 9.76. The van der Waals surface area contributed by atoms with E-state index in [1.54, 1.807) is 0 Å². The molecular formula is C12H21NO. The Morgan fingerprint density at radius 3 is 2.79 bits per heavy atom. The molecule has 0 bridgehead atoms. The van der Waals surface area contributed by atoms with Gasteiger partial charge in [0.1, 0.15) is 6.10 Å². The standard InChI is InChI=1S/C12H21NO/c1-10-5-4-6-12(2,3)8-11(7-10)14-9-13/h10-11H,4-8H2,1-3H3. The van der Waals surface area contributed by atoms with Gasteiger partial charge in [-0.15, -0.1) is 0 Å². The second-order valence-corrected chi connectivity index (χ2v) is 5.43. The van der Waals surface area contributed by atoms with Crippen molar-refractivity contribution < 1.29 is 4.74 Å². The van der Waals surface area contributed by atoms with E-state index in [-0.39, 0.29) is 6.10 Å². The zero-order valence-electron chi connectivity index (χ0n) is 9.55. The van der Waals surface area contributed by atoms with Gasteiger partial charge in [-0.25, -0.2) is 0 Å². The molecule has 2 atom stereocenters. The zero-order valence-corrected chi connectivity index (χ0v) is 9.55. The second-order valence-electron chi connectivity index (χ2n) is 5.43. The number of nitriles is 1. The SMILES string of the molecule is CC1CCCC(C)(C)CC(OC#N)C1. The van der Waals surface area contributed by atoms with Crippen LogP contribution in [0.4, 0.5) is 0 Å². The molecule has 0 aromatic rings. The average Bonchev–Trinajstić information content (AvgIpc) is 2.00. The van der Waals surface area contributed by atoms with E-state index in [9.17, 15) is 0 Å². The Morgan fingerprint density at radius 1 is 1.43 bits per heavy atom. The second kappa shape index (κ2) is 4.68. The molecule has 1 aliphatic rings. The van der Waals surface area contributed by atoms with Gasteiger partial charge in [-0.05, 0) is 30.6 Å². The summed E-state index contributed by atoms with van der Waals surface area (Å²) in [6.07, 6.45) is 7.88. The topological polar surface area (TPSA) is 33.0 Å². The fourth-order valence-electron chi connectivity index (χ4n) is 2.46. The molecule has 2 unspecified atom stereocenters. The highest BCUT2D eigenvalue weighted by atomic mass is 16.5. The van der Waals surface area contributed by atoms with Crippen LogP contribution in [0, 0.1) is 22.9 Å². The Balaban J connectivity index is 2.58. The van der Waals surface area contributed by atoms with E-state index in [0.29, 0.717) is 11.3 Å². The molecule has 0 aromatic carbocycles. The van der Waals surface area contributed by atoms with Crippen molar-refractivity contribution in [2.24, 2.45) is 11.3 Å². The molecule has 1 aliphatic carbocycles. The molecule has 2 nitrogen and oxygen atoms in total. The molecule has 0 amide bonds. The van der Waals surface area contributed by atoms with Crippen molar-refractivity contribution in [3.63, 3.8) is 0 Å². The molecule has 1 rings (SSSR count). The Labute approximate surface area is 87.3 Å². The first-order chi connectivity index (χ1) is 6.53. The molecule has 0 spiro atoms. The molecule has 1 fully saturated rings. The van der Waals surface area contributed by atoms with E-state index in [1.165, 1.54) is 19.3 Å². The summed E-state index contributed by atoms with van der Waals surface area (Å²) >= 11 is 0. The summed E-state index contributed by atoms with van der Waals surface area (Å²) in [6, 6.07) is 0. The Bertz CT molecular complexity index is 217. The molecule has 0 saturated heterocycles. The summed E-state index contributed by atoms with van der Waals surface area (Å²) in [4.78, 5) is 0. The smallest absolute Gasteiger partial charge is 0.286 e. The normalized spacial score (nSPS) is 32.4. The molecule has 0 radical (unpaired) electrons. The van der Waals surface area contributed by atoms with Crippen LogP contribution in [-0.2, 0) is 4.74 Å². The molecule has 14 heavy (non-hydrogen) atoms. The average molecular weight is 195 g/mol. The van der Waals surface area contributed by atoms with Gasteiger partial charge in [-0.1, -0.05) is 33.6 Å². The molecule has 80 valence electrons. The van der Waals surface area contributed by atoms with E-state index in [0.717, 1.165) is 12.8 Å². The van der Waals surface area contributed by atoms with Crippen molar-refractivity contribution in [2.75, 3.05) is 0 Å². The molecule has 0 N–H and O–H groups in total. The van der Waals surface area contributed by atoms with Crippen LogP contribution in [0.3, 0.4) is 0 Å². The van der Waals surface area contributed by atoms with Gasteiger partial charge in [0, 0.05) is 0 Å². The van der Waals surface area contributed by atoms with Gasteiger partial charge in [0.15, 0.2) is 0 Å². The Hall–Kier alpha value is -0.710. The lowest BCUT2D eigenvalue weighted by Crippen LogP contribution is -2.26. The summed E-state index contributed by atoms with van der Waals surface area (Å²) in [5.41, 5.74) is 0.335. The fraction of sp³-hybridized carbons (Fsp3) is 0.917. The first-order valence-electron chi connectivity index (χ1n) is 5.58. The van der Waals surface area contributed by atoms with Crippen molar-refractivity contribution in [3.8, 4) is 6.26 Å². The van der Waals surface area contributed by atoms with Crippen LogP contribution in [0.2, 0.25) is 0 Å². The minimum Gasteiger partial charge on any atom is -0.424 e. The van der Waals surface area contributed by atoms with Crippen LogP contribution in [0.1, 0.15) is 52.9 Å². The van der Waals surface area contributed by atoms with Crippen LogP contribution in [0.25, 0.3) is 0 Å². The monoisotopic (exact) mass is 195 g/mol. The van der Waals surface area contributed by atoms with E-state index in [2.05, 4.69) is 20.8 Å². The van der Waals surface area contributed by atoms with Crippen molar-refractivity contribution in [2.45, 2.75) is 59.0 Å². The molecular weight excluding hydrogens is 174 g/mol.